The van der Waals surface area contributed by atoms with Crippen molar-refractivity contribution in [2.24, 2.45) is 0 Å². The molecule has 1 saturated heterocycles. The van der Waals surface area contributed by atoms with Crippen molar-refractivity contribution in [3.05, 3.63) is 47.0 Å². The predicted octanol–water partition coefficient (Wildman–Crippen LogP) is 2.33. The fourth-order valence-electron chi connectivity index (χ4n) is 4.65. The Bertz CT molecular complexity index is 946. The Morgan fingerprint density at radius 2 is 2.03 bits per heavy atom. The van der Waals surface area contributed by atoms with Gasteiger partial charge in [0.25, 0.3) is 11.8 Å². The third-order valence-corrected chi connectivity index (χ3v) is 6.17. The van der Waals surface area contributed by atoms with Crippen LogP contribution in [0.2, 0.25) is 0 Å². The van der Waals surface area contributed by atoms with E-state index in [4.69, 9.17) is 4.74 Å². The minimum absolute atomic E-state index is 0.0830. The van der Waals surface area contributed by atoms with Gasteiger partial charge >= 0.3 is 0 Å². The molecule has 3 aliphatic heterocycles. The Hall–Kier alpha value is -2.67. The van der Waals surface area contributed by atoms with Crippen molar-refractivity contribution in [3.8, 4) is 0 Å². The maximum atomic E-state index is 13.4. The lowest BCUT2D eigenvalue weighted by atomic mass is 10.1. The lowest BCUT2D eigenvalue weighted by Crippen LogP contribution is -2.33. The molecule has 152 valence electrons. The van der Waals surface area contributed by atoms with E-state index in [0.29, 0.717) is 24.6 Å². The van der Waals surface area contributed by atoms with Crippen LogP contribution in [0.15, 0.2) is 24.3 Å². The van der Waals surface area contributed by atoms with Crippen molar-refractivity contribution < 1.29 is 14.3 Å². The topological polar surface area (TPSA) is 76.5 Å². The monoisotopic (exact) mass is 394 g/mol. The van der Waals surface area contributed by atoms with E-state index in [0.717, 1.165) is 63.1 Å². The van der Waals surface area contributed by atoms with Gasteiger partial charge in [0.1, 0.15) is 5.69 Å². The number of para-hydroxylation sites is 1. The van der Waals surface area contributed by atoms with Gasteiger partial charge in [-0.2, -0.15) is 0 Å². The van der Waals surface area contributed by atoms with Crippen LogP contribution >= 0.6 is 0 Å². The molecule has 29 heavy (non-hydrogen) atoms. The minimum atomic E-state index is -0.202. The van der Waals surface area contributed by atoms with Crippen molar-refractivity contribution >= 4 is 17.5 Å². The Balaban J connectivity index is 1.42. The number of carbonyl (C=O) groups is 2. The van der Waals surface area contributed by atoms with Crippen molar-refractivity contribution in [2.45, 2.75) is 51.2 Å². The molecule has 1 atom stereocenters. The molecule has 7 heteroatoms. The zero-order valence-corrected chi connectivity index (χ0v) is 16.5. The predicted molar refractivity (Wildman–Crippen MR) is 108 cm³/mol. The summed E-state index contributed by atoms with van der Waals surface area (Å²) in [7, 11) is 0. The number of aromatic nitrogens is 2. The number of carbonyl (C=O) groups excluding carboxylic acids is 2. The molecule has 3 aliphatic rings. The Labute approximate surface area is 170 Å². The standard InChI is InChI=1S/C22H26N4O3/c27-21(23-14-16-7-5-13-29-16)19-18-9-3-4-11-25(18)20(24-19)22(28)26-12-10-15-6-1-2-8-17(15)26/h1-2,6,8,16H,3-5,7,9-14H2,(H,23,27). The molecule has 2 aromatic rings. The molecular formula is C22H26N4O3. The highest BCUT2D eigenvalue weighted by molar-refractivity contribution is 6.06. The fraction of sp³-hybridized carbons (Fsp3) is 0.500. The van der Waals surface area contributed by atoms with Crippen LogP contribution in [0.1, 0.15) is 58.0 Å². The van der Waals surface area contributed by atoms with Gasteiger partial charge in [-0.1, -0.05) is 18.2 Å². The molecule has 5 rings (SSSR count). The number of ether oxygens (including phenoxy) is 1. The van der Waals surface area contributed by atoms with Crippen molar-refractivity contribution in [1.29, 1.82) is 0 Å². The second kappa shape index (κ2) is 7.63. The van der Waals surface area contributed by atoms with Crippen molar-refractivity contribution in [2.75, 3.05) is 24.6 Å². The van der Waals surface area contributed by atoms with Crippen LogP contribution in [0.25, 0.3) is 0 Å². The van der Waals surface area contributed by atoms with E-state index in [1.54, 1.807) is 4.90 Å². The summed E-state index contributed by atoms with van der Waals surface area (Å²) in [4.78, 5) is 32.6. The normalized spacial score (nSPS) is 20.4. The molecule has 4 heterocycles. The second-order valence-corrected chi connectivity index (χ2v) is 8.02. The third kappa shape index (κ3) is 3.33. The summed E-state index contributed by atoms with van der Waals surface area (Å²) in [5, 5.41) is 2.96. The van der Waals surface area contributed by atoms with E-state index >= 15 is 0 Å². The summed E-state index contributed by atoms with van der Waals surface area (Å²) in [6, 6.07) is 8.00. The number of amides is 2. The highest BCUT2D eigenvalue weighted by atomic mass is 16.5. The molecule has 1 unspecified atom stereocenters. The van der Waals surface area contributed by atoms with Crippen molar-refractivity contribution in [1.82, 2.24) is 14.9 Å². The molecule has 0 saturated carbocycles. The van der Waals surface area contributed by atoms with Gasteiger partial charge in [-0.3, -0.25) is 9.59 Å². The largest absolute Gasteiger partial charge is 0.376 e. The van der Waals surface area contributed by atoms with Gasteiger partial charge in [0, 0.05) is 31.9 Å². The highest BCUT2D eigenvalue weighted by Gasteiger charge is 2.33. The number of fused-ring (bicyclic) bond motifs is 2. The van der Waals surface area contributed by atoms with Crippen LogP contribution in [0.5, 0.6) is 0 Å². The van der Waals surface area contributed by atoms with Gasteiger partial charge in [-0.05, 0) is 50.2 Å². The SMILES string of the molecule is O=C(NCC1CCCO1)c1nc(C(=O)N2CCc3ccccc32)n2c1CCCC2. The number of anilines is 1. The van der Waals surface area contributed by atoms with Gasteiger partial charge in [0.05, 0.1) is 11.8 Å². The number of hydrogen-bond acceptors (Lipinski definition) is 4. The molecular weight excluding hydrogens is 368 g/mol. The highest BCUT2D eigenvalue weighted by Crippen LogP contribution is 2.30. The Morgan fingerprint density at radius 1 is 1.14 bits per heavy atom. The maximum Gasteiger partial charge on any atom is 0.294 e. The lowest BCUT2D eigenvalue weighted by molar-refractivity contribution is 0.0853. The summed E-state index contributed by atoms with van der Waals surface area (Å²) < 4.78 is 7.56. The fourth-order valence-corrected chi connectivity index (χ4v) is 4.65. The molecule has 0 bridgehead atoms. The summed E-state index contributed by atoms with van der Waals surface area (Å²) >= 11 is 0. The maximum absolute atomic E-state index is 13.4. The number of rotatable bonds is 4. The van der Waals surface area contributed by atoms with E-state index in [2.05, 4.69) is 16.4 Å². The summed E-state index contributed by atoms with van der Waals surface area (Å²) in [6.45, 7) is 2.64. The quantitative estimate of drug-likeness (QED) is 0.864. The van der Waals surface area contributed by atoms with Gasteiger partial charge in [0.2, 0.25) is 5.82 Å². The first-order valence-electron chi connectivity index (χ1n) is 10.6. The van der Waals surface area contributed by atoms with E-state index in [1.165, 1.54) is 5.56 Å². The lowest BCUT2D eigenvalue weighted by Gasteiger charge is -2.20. The Kier molecular flexibility index (Phi) is 4.83. The molecule has 1 aromatic carbocycles. The summed E-state index contributed by atoms with van der Waals surface area (Å²) in [5.41, 5.74) is 3.42. The molecule has 0 radical (unpaired) electrons. The van der Waals surface area contributed by atoms with Crippen LogP contribution in [0.3, 0.4) is 0 Å². The molecule has 7 nitrogen and oxygen atoms in total. The molecule has 1 fully saturated rings. The molecule has 0 aliphatic carbocycles. The van der Waals surface area contributed by atoms with Crippen LogP contribution in [-0.4, -0.2) is 47.2 Å². The molecule has 1 N–H and O–H groups in total. The van der Waals surface area contributed by atoms with Crippen LogP contribution < -0.4 is 10.2 Å². The molecule has 0 spiro atoms. The van der Waals surface area contributed by atoms with E-state index in [-0.39, 0.29) is 17.9 Å². The zero-order chi connectivity index (χ0) is 19.8. The van der Waals surface area contributed by atoms with Gasteiger partial charge in [-0.25, -0.2) is 4.98 Å². The van der Waals surface area contributed by atoms with E-state index in [1.807, 2.05) is 22.8 Å². The van der Waals surface area contributed by atoms with E-state index in [9.17, 15) is 9.59 Å². The zero-order valence-electron chi connectivity index (χ0n) is 16.5. The third-order valence-electron chi connectivity index (χ3n) is 6.17. The van der Waals surface area contributed by atoms with Crippen molar-refractivity contribution in [3.63, 3.8) is 0 Å². The second-order valence-electron chi connectivity index (χ2n) is 8.02. The Morgan fingerprint density at radius 3 is 2.90 bits per heavy atom. The number of imidazole rings is 1. The van der Waals surface area contributed by atoms with Gasteiger partial charge in [0.15, 0.2) is 0 Å². The van der Waals surface area contributed by atoms with Gasteiger partial charge in [-0.15, -0.1) is 0 Å². The number of benzene rings is 1. The smallest absolute Gasteiger partial charge is 0.294 e. The average molecular weight is 394 g/mol. The number of nitrogens with zero attached hydrogens (tertiary/aromatic N) is 3. The number of hydrogen-bond donors (Lipinski definition) is 1. The van der Waals surface area contributed by atoms with Crippen LogP contribution in [0, 0.1) is 0 Å². The van der Waals surface area contributed by atoms with Crippen LogP contribution in [-0.2, 0) is 24.1 Å². The first kappa shape index (κ1) is 18.4. The number of nitrogens with one attached hydrogen (secondary N) is 1. The summed E-state index contributed by atoms with van der Waals surface area (Å²) in [5.74, 6) is 0.0713. The first-order valence-corrected chi connectivity index (χ1v) is 10.6. The minimum Gasteiger partial charge on any atom is -0.376 e. The first-order chi connectivity index (χ1) is 14.2. The summed E-state index contributed by atoms with van der Waals surface area (Å²) in [6.07, 6.45) is 5.73. The van der Waals surface area contributed by atoms with Gasteiger partial charge < -0.3 is 19.5 Å². The van der Waals surface area contributed by atoms with Crippen LogP contribution in [0.4, 0.5) is 5.69 Å². The van der Waals surface area contributed by atoms with E-state index < -0.39 is 0 Å². The average Bonchev–Trinajstić information content (AvgIpc) is 3.50. The molecule has 2 amide bonds. The molecule has 1 aromatic heterocycles.